The van der Waals surface area contributed by atoms with E-state index in [1.54, 1.807) is 6.08 Å². The number of hydrogen-bond acceptors (Lipinski definition) is 2. The van der Waals surface area contributed by atoms with Gasteiger partial charge < -0.3 is 0 Å². The third-order valence-electron chi connectivity index (χ3n) is 1.72. The summed E-state index contributed by atoms with van der Waals surface area (Å²) in [6.07, 6.45) is 7.40. The van der Waals surface area contributed by atoms with Crippen molar-refractivity contribution in [3.05, 3.63) is 23.1 Å². The smallest absolute Gasteiger partial charge is 0.171 e. The molecule has 0 spiro atoms. The second kappa shape index (κ2) is 2.81. The third kappa shape index (κ3) is 2.19. The zero-order valence-electron chi connectivity index (χ0n) is 6.74. The van der Waals surface area contributed by atoms with Crippen molar-refractivity contribution in [1.82, 2.24) is 0 Å². The second-order valence-electron chi connectivity index (χ2n) is 2.97. The Bertz CT molecular complexity index is 296. The van der Waals surface area contributed by atoms with Crippen LogP contribution in [0.1, 0.15) is 13.3 Å². The molecule has 2 nitrogen and oxygen atoms in total. The Morgan fingerprint density at radius 3 is 2.55 bits per heavy atom. The van der Waals surface area contributed by atoms with E-state index >= 15 is 0 Å². The van der Waals surface area contributed by atoms with Gasteiger partial charge in [0.1, 0.15) is 0 Å². The van der Waals surface area contributed by atoms with Crippen LogP contribution in [0.3, 0.4) is 0 Å². The van der Waals surface area contributed by atoms with Crippen LogP contribution in [0.4, 0.5) is 0 Å². The van der Waals surface area contributed by atoms with Crippen LogP contribution in [0.15, 0.2) is 23.1 Å². The van der Waals surface area contributed by atoms with Crippen LogP contribution in [0.2, 0.25) is 0 Å². The number of sulfone groups is 1. The summed E-state index contributed by atoms with van der Waals surface area (Å²) in [6, 6.07) is 0. The summed E-state index contributed by atoms with van der Waals surface area (Å²) in [5.41, 5.74) is 0. The molecule has 0 N–H and O–H groups in total. The lowest BCUT2D eigenvalue weighted by Crippen LogP contribution is -2.06. The van der Waals surface area contributed by atoms with Gasteiger partial charge in [-0.3, -0.25) is 0 Å². The molecule has 3 heteroatoms. The number of rotatable bonds is 1. The maximum Gasteiger partial charge on any atom is 0.171 e. The lowest BCUT2D eigenvalue weighted by Gasteiger charge is -2.11. The summed E-state index contributed by atoms with van der Waals surface area (Å²) >= 11 is 0. The molecule has 0 unspecified atom stereocenters. The topological polar surface area (TPSA) is 34.1 Å². The van der Waals surface area contributed by atoms with Crippen molar-refractivity contribution in [1.29, 1.82) is 0 Å². The average molecular weight is 172 g/mol. The Labute approximate surface area is 67.5 Å². The molecule has 0 bridgehead atoms. The Hall–Kier alpha value is -0.570. The first kappa shape index (κ1) is 8.53. The molecule has 0 fully saturated rings. The minimum absolute atomic E-state index is 0.352. The van der Waals surface area contributed by atoms with Gasteiger partial charge in [0, 0.05) is 11.2 Å². The van der Waals surface area contributed by atoms with Crippen LogP contribution < -0.4 is 0 Å². The van der Waals surface area contributed by atoms with Gasteiger partial charge in [0.05, 0.1) is 0 Å². The predicted octanol–water partition coefficient (Wildman–Crippen LogP) is 1.51. The van der Waals surface area contributed by atoms with Gasteiger partial charge in [-0.2, -0.15) is 0 Å². The predicted molar refractivity (Wildman–Crippen MR) is 45.8 cm³/mol. The highest BCUT2D eigenvalue weighted by molar-refractivity contribution is 7.94. The Balaban J connectivity index is 2.92. The molecule has 62 valence electrons. The quantitative estimate of drug-likeness (QED) is 0.601. The van der Waals surface area contributed by atoms with Gasteiger partial charge in [-0.1, -0.05) is 19.1 Å². The zero-order chi connectivity index (χ0) is 8.48. The molecule has 0 amide bonds. The maximum atomic E-state index is 11.0. The van der Waals surface area contributed by atoms with E-state index in [1.807, 2.05) is 19.1 Å². The molecule has 1 rings (SSSR count). The molecule has 0 heterocycles. The minimum atomic E-state index is -2.95. The normalized spacial score (nSPS) is 24.9. The molecule has 1 aliphatic rings. The molecule has 0 aromatic carbocycles. The fourth-order valence-electron chi connectivity index (χ4n) is 1.08. The zero-order valence-corrected chi connectivity index (χ0v) is 7.56. The monoisotopic (exact) mass is 172 g/mol. The molecule has 0 aliphatic heterocycles. The summed E-state index contributed by atoms with van der Waals surface area (Å²) in [6.45, 7) is 2.01. The Morgan fingerprint density at radius 2 is 2.18 bits per heavy atom. The van der Waals surface area contributed by atoms with E-state index < -0.39 is 9.84 Å². The largest absolute Gasteiger partial charge is 0.224 e. The summed E-state index contributed by atoms with van der Waals surface area (Å²) in [7, 11) is -2.95. The molecular formula is C8H12O2S. The first-order valence-corrected chi connectivity index (χ1v) is 5.46. The first-order valence-electron chi connectivity index (χ1n) is 3.57. The summed E-state index contributed by atoms with van der Waals surface area (Å²) in [5.74, 6) is 0.352. The number of hydrogen-bond donors (Lipinski definition) is 0. The van der Waals surface area contributed by atoms with Crippen molar-refractivity contribution in [2.24, 2.45) is 5.92 Å². The van der Waals surface area contributed by atoms with Crippen molar-refractivity contribution >= 4 is 9.84 Å². The van der Waals surface area contributed by atoms with Crippen molar-refractivity contribution in [2.45, 2.75) is 13.3 Å². The van der Waals surface area contributed by atoms with Crippen molar-refractivity contribution in [3.63, 3.8) is 0 Å². The molecule has 1 atom stereocenters. The van der Waals surface area contributed by atoms with Crippen LogP contribution in [0, 0.1) is 5.92 Å². The summed E-state index contributed by atoms with van der Waals surface area (Å²) in [5, 5.41) is 0. The van der Waals surface area contributed by atoms with Crippen LogP contribution in [-0.4, -0.2) is 14.7 Å². The molecule has 1 aliphatic carbocycles. The first-order chi connectivity index (χ1) is 5.00. The van der Waals surface area contributed by atoms with Crippen LogP contribution in [0.5, 0.6) is 0 Å². The molecule has 11 heavy (non-hydrogen) atoms. The van der Waals surface area contributed by atoms with Crippen molar-refractivity contribution < 1.29 is 8.42 Å². The highest BCUT2D eigenvalue weighted by atomic mass is 32.2. The Kier molecular flexibility index (Phi) is 2.18. The molecule has 0 aromatic rings. The van der Waals surface area contributed by atoms with Gasteiger partial charge in [0.25, 0.3) is 0 Å². The fraction of sp³-hybridized carbons (Fsp3) is 0.500. The van der Waals surface area contributed by atoms with Crippen molar-refractivity contribution in [3.8, 4) is 0 Å². The van der Waals surface area contributed by atoms with Crippen LogP contribution in [-0.2, 0) is 9.84 Å². The molecule has 0 radical (unpaired) electrons. The third-order valence-corrected chi connectivity index (χ3v) is 2.98. The van der Waals surface area contributed by atoms with Gasteiger partial charge >= 0.3 is 0 Å². The molecular weight excluding hydrogens is 160 g/mol. The second-order valence-corrected chi connectivity index (χ2v) is 5.04. The molecule has 0 aromatic heterocycles. The Morgan fingerprint density at radius 1 is 1.55 bits per heavy atom. The average Bonchev–Trinajstić information content (AvgIpc) is 1.86. The van der Waals surface area contributed by atoms with E-state index in [2.05, 4.69) is 0 Å². The van der Waals surface area contributed by atoms with Crippen LogP contribution >= 0.6 is 0 Å². The van der Waals surface area contributed by atoms with Crippen LogP contribution in [0.25, 0.3) is 0 Å². The van der Waals surface area contributed by atoms with E-state index in [-0.39, 0.29) is 0 Å². The standard InChI is InChI=1S/C8H12O2S/c1-7-4-3-5-8(6-7)11(2,9)10/h3-5,7H,6H2,1-2H3/t7-/m0/s1. The van der Waals surface area contributed by atoms with Gasteiger partial charge in [-0.15, -0.1) is 0 Å². The molecule has 0 saturated heterocycles. The van der Waals surface area contributed by atoms with E-state index in [0.717, 1.165) is 0 Å². The van der Waals surface area contributed by atoms with E-state index in [4.69, 9.17) is 0 Å². The lowest BCUT2D eigenvalue weighted by molar-refractivity contribution is 0.601. The van der Waals surface area contributed by atoms with E-state index in [9.17, 15) is 8.42 Å². The summed E-state index contributed by atoms with van der Waals surface area (Å²) < 4.78 is 22.1. The molecule has 0 saturated carbocycles. The lowest BCUT2D eigenvalue weighted by atomic mass is 10.0. The van der Waals surface area contributed by atoms with Gasteiger partial charge in [0.15, 0.2) is 9.84 Å². The van der Waals surface area contributed by atoms with Crippen molar-refractivity contribution in [2.75, 3.05) is 6.26 Å². The van der Waals surface area contributed by atoms with Gasteiger partial charge in [0.2, 0.25) is 0 Å². The number of allylic oxidation sites excluding steroid dienone is 4. The summed E-state index contributed by atoms with van der Waals surface area (Å²) in [4.78, 5) is 0.549. The maximum absolute atomic E-state index is 11.0. The highest BCUT2D eigenvalue weighted by Gasteiger charge is 2.14. The SMILES string of the molecule is C[C@H]1C=CC=C(S(C)(=O)=O)C1. The fourth-order valence-corrected chi connectivity index (χ4v) is 1.97. The van der Waals surface area contributed by atoms with Gasteiger partial charge in [-0.25, -0.2) is 8.42 Å². The van der Waals surface area contributed by atoms with Gasteiger partial charge in [-0.05, 0) is 18.4 Å². The van der Waals surface area contributed by atoms with E-state index in [1.165, 1.54) is 6.26 Å². The minimum Gasteiger partial charge on any atom is -0.224 e. The van der Waals surface area contributed by atoms with E-state index in [0.29, 0.717) is 17.2 Å². The highest BCUT2D eigenvalue weighted by Crippen LogP contribution is 2.21.